The van der Waals surface area contributed by atoms with Gasteiger partial charge in [0.15, 0.2) is 0 Å². The molecule has 0 aromatic heterocycles. The average Bonchev–Trinajstić information content (AvgIpc) is 2.49. The highest BCUT2D eigenvalue weighted by molar-refractivity contribution is 6.46. The van der Waals surface area contributed by atoms with Crippen LogP contribution < -0.4 is 0 Å². The third kappa shape index (κ3) is 3.30. The molecule has 0 saturated heterocycles. The zero-order chi connectivity index (χ0) is 15.4. The molecule has 1 N–H and O–H groups in total. The summed E-state index contributed by atoms with van der Waals surface area (Å²) in [7, 11) is 0. The Bertz CT molecular complexity index is 593. The minimum Gasteiger partial charge on any atom is -0.508 e. The minimum absolute atomic E-state index is 0.188. The standard InChI is InChI=1S/C18H20O3/c1-3-15(12-5-8-14(19)9-6-12)16(4-2)13-7-10-17(20)18(21)11-13/h5-11,15-16,19H,3-4H2,1-2H3/t15-,16+/m1/s1. The number of ketones is 2. The smallest absolute Gasteiger partial charge is 0.225 e. The van der Waals surface area contributed by atoms with Gasteiger partial charge in [0.05, 0.1) is 0 Å². The molecule has 0 aliphatic heterocycles. The molecule has 3 heteroatoms. The largest absolute Gasteiger partial charge is 0.508 e. The maximum absolute atomic E-state index is 11.6. The van der Waals surface area contributed by atoms with Crippen molar-refractivity contribution >= 4 is 11.6 Å². The zero-order valence-corrected chi connectivity index (χ0v) is 12.4. The lowest BCUT2D eigenvalue weighted by molar-refractivity contribution is -0.131. The summed E-state index contributed by atoms with van der Waals surface area (Å²) in [5.41, 5.74) is 2.06. The molecular formula is C18H20O3. The summed E-state index contributed by atoms with van der Waals surface area (Å²) in [5, 5.41) is 9.41. The molecule has 1 aliphatic carbocycles. The fraction of sp³-hybridized carbons (Fsp3) is 0.333. The monoisotopic (exact) mass is 284 g/mol. The summed E-state index contributed by atoms with van der Waals surface area (Å²) >= 11 is 0. The van der Waals surface area contributed by atoms with E-state index in [1.54, 1.807) is 18.2 Å². The van der Waals surface area contributed by atoms with Gasteiger partial charge in [0.1, 0.15) is 5.75 Å². The first-order chi connectivity index (χ1) is 10.1. The Labute approximate surface area is 125 Å². The number of carbonyl (C=O) groups excluding carboxylic acids is 2. The highest BCUT2D eigenvalue weighted by Crippen LogP contribution is 2.37. The van der Waals surface area contributed by atoms with Crippen LogP contribution in [0.1, 0.15) is 38.2 Å². The van der Waals surface area contributed by atoms with Crippen LogP contribution in [-0.2, 0) is 9.59 Å². The summed E-state index contributed by atoms with van der Waals surface area (Å²) in [5.74, 6) is -0.197. The molecule has 21 heavy (non-hydrogen) atoms. The first-order valence-corrected chi connectivity index (χ1v) is 7.33. The van der Waals surface area contributed by atoms with Crippen LogP contribution in [0.3, 0.4) is 0 Å². The van der Waals surface area contributed by atoms with Crippen molar-refractivity contribution in [3.63, 3.8) is 0 Å². The van der Waals surface area contributed by atoms with E-state index < -0.39 is 11.6 Å². The molecule has 0 amide bonds. The van der Waals surface area contributed by atoms with E-state index in [9.17, 15) is 14.7 Å². The Kier molecular flexibility index (Phi) is 4.73. The van der Waals surface area contributed by atoms with Crippen molar-refractivity contribution in [3.05, 3.63) is 53.6 Å². The topological polar surface area (TPSA) is 54.4 Å². The minimum atomic E-state index is -0.453. The normalized spacial score (nSPS) is 17.5. The van der Waals surface area contributed by atoms with Gasteiger partial charge in [-0.1, -0.05) is 32.1 Å². The maximum atomic E-state index is 11.6. The fourth-order valence-electron chi connectivity index (χ4n) is 2.98. The summed E-state index contributed by atoms with van der Waals surface area (Å²) in [6.45, 7) is 4.20. The molecule has 2 rings (SSSR count). The summed E-state index contributed by atoms with van der Waals surface area (Å²) in [6, 6.07) is 7.22. The predicted octanol–water partition coefficient (Wildman–Crippen LogP) is 3.55. The number of rotatable bonds is 5. The second-order valence-corrected chi connectivity index (χ2v) is 5.33. The number of hydrogen-bond acceptors (Lipinski definition) is 3. The molecule has 0 bridgehead atoms. The molecule has 0 saturated carbocycles. The van der Waals surface area contributed by atoms with Crippen molar-refractivity contribution in [2.75, 3.05) is 0 Å². The van der Waals surface area contributed by atoms with E-state index in [1.807, 2.05) is 12.1 Å². The summed E-state index contributed by atoms with van der Waals surface area (Å²) in [4.78, 5) is 22.9. The van der Waals surface area contributed by atoms with Crippen LogP contribution in [0, 0.1) is 5.92 Å². The fourth-order valence-corrected chi connectivity index (χ4v) is 2.98. The molecule has 1 aromatic carbocycles. The molecule has 1 aliphatic rings. The number of phenols is 1. The number of carbonyl (C=O) groups is 2. The lowest BCUT2D eigenvalue weighted by Crippen LogP contribution is -2.19. The molecule has 1 aromatic rings. The molecule has 0 unspecified atom stereocenters. The van der Waals surface area contributed by atoms with Crippen molar-refractivity contribution < 1.29 is 14.7 Å². The van der Waals surface area contributed by atoms with E-state index in [4.69, 9.17) is 0 Å². The molecule has 0 spiro atoms. The van der Waals surface area contributed by atoms with E-state index in [0.717, 1.165) is 24.0 Å². The van der Waals surface area contributed by atoms with Gasteiger partial charge in [0.2, 0.25) is 11.6 Å². The van der Waals surface area contributed by atoms with Crippen LogP contribution in [0.2, 0.25) is 0 Å². The molecular weight excluding hydrogens is 264 g/mol. The van der Waals surface area contributed by atoms with Crippen LogP contribution in [0.15, 0.2) is 48.1 Å². The van der Waals surface area contributed by atoms with Crippen molar-refractivity contribution in [3.8, 4) is 5.75 Å². The predicted molar refractivity (Wildman–Crippen MR) is 82.2 cm³/mol. The van der Waals surface area contributed by atoms with E-state index in [-0.39, 0.29) is 17.6 Å². The maximum Gasteiger partial charge on any atom is 0.225 e. The van der Waals surface area contributed by atoms with Gasteiger partial charge in [0, 0.05) is 0 Å². The molecule has 110 valence electrons. The molecule has 0 fully saturated rings. The van der Waals surface area contributed by atoms with Crippen molar-refractivity contribution in [1.82, 2.24) is 0 Å². The van der Waals surface area contributed by atoms with Crippen LogP contribution in [0.5, 0.6) is 5.75 Å². The van der Waals surface area contributed by atoms with Gasteiger partial charge >= 0.3 is 0 Å². The third-order valence-electron chi connectivity index (χ3n) is 4.08. The zero-order valence-electron chi connectivity index (χ0n) is 12.4. The van der Waals surface area contributed by atoms with Crippen LogP contribution in [0.4, 0.5) is 0 Å². The van der Waals surface area contributed by atoms with Gasteiger partial charge in [-0.3, -0.25) is 9.59 Å². The van der Waals surface area contributed by atoms with Gasteiger partial charge < -0.3 is 5.11 Å². The van der Waals surface area contributed by atoms with Gasteiger partial charge in [0.25, 0.3) is 0 Å². The number of phenolic OH excluding ortho intramolecular Hbond substituents is 1. The van der Waals surface area contributed by atoms with Crippen LogP contribution in [0.25, 0.3) is 0 Å². The number of allylic oxidation sites excluding steroid dienone is 4. The Balaban J connectivity index is 2.32. The quantitative estimate of drug-likeness (QED) is 0.664. The van der Waals surface area contributed by atoms with Crippen molar-refractivity contribution in [2.45, 2.75) is 32.6 Å². The number of hydrogen-bond donors (Lipinski definition) is 1. The highest BCUT2D eigenvalue weighted by atomic mass is 16.3. The lowest BCUT2D eigenvalue weighted by Gasteiger charge is -2.27. The molecule has 0 heterocycles. The van der Waals surface area contributed by atoms with Crippen molar-refractivity contribution in [2.24, 2.45) is 5.92 Å². The van der Waals surface area contributed by atoms with Crippen LogP contribution in [-0.4, -0.2) is 16.7 Å². The molecule has 3 nitrogen and oxygen atoms in total. The Morgan fingerprint density at radius 3 is 2.05 bits per heavy atom. The highest BCUT2D eigenvalue weighted by Gasteiger charge is 2.26. The summed E-state index contributed by atoms with van der Waals surface area (Å²) in [6.07, 6.45) is 6.41. The van der Waals surface area contributed by atoms with E-state index in [0.29, 0.717) is 0 Å². The Morgan fingerprint density at radius 2 is 1.52 bits per heavy atom. The van der Waals surface area contributed by atoms with Gasteiger partial charge in [-0.15, -0.1) is 0 Å². The second kappa shape index (κ2) is 6.53. The first kappa shape index (κ1) is 15.2. The van der Waals surface area contributed by atoms with E-state index >= 15 is 0 Å². The van der Waals surface area contributed by atoms with E-state index in [2.05, 4.69) is 13.8 Å². The third-order valence-corrected chi connectivity index (χ3v) is 4.08. The molecule has 2 atom stereocenters. The summed E-state index contributed by atoms with van der Waals surface area (Å²) < 4.78 is 0. The Morgan fingerprint density at radius 1 is 0.905 bits per heavy atom. The van der Waals surface area contributed by atoms with Crippen molar-refractivity contribution in [1.29, 1.82) is 0 Å². The first-order valence-electron chi connectivity index (χ1n) is 7.33. The SMILES string of the molecule is CC[C@H](c1ccc(O)cc1)[C@@H](CC)C1=CC(=O)C(=O)C=C1. The molecule has 0 radical (unpaired) electrons. The van der Waals surface area contributed by atoms with Crippen LogP contribution >= 0.6 is 0 Å². The number of aromatic hydroxyl groups is 1. The number of benzene rings is 1. The van der Waals surface area contributed by atoms with Gasteiger partial charge in [-0.2, -0.15) is 0 Å². The second-order valence-electron chi connectivity index (χ2n) is 5.33. The average molecular weight is 284 g/mol. The Hall–Kier alpha value is -2.16. The lowest BCUT2D eigenvalue weighted by atomic mass is 9.76. The van der Waals surface area contributed by atoms with Gasteiger partial charge in [-0.25, -0.2) is 0 Å². The van der Waals surface area contributed by atoms with Gasteiger partial charge in [-0.05, 0) is 60.1 Å². The van der Waals surface area contributed by atoms with E-state index in [1.165, 1.54) is 12.2 Å².